The first-order valence-corrected chi connectivity index (χ1v) is 9.19. The largest absolute Gasteiger partial charge is 0.497 e. The lowest BCUT2D eigenvalue weighted by molar-refractivity contribution is 0.0663. The van der Waals surface area contributed by atoms with Crippen molar-refractivity contribution in [3.63, 3.8) is 0 Å². The zero-order chi connectivity index (χ0) is 18.4. The summed E-state index contributed by atoms with van der Waals surface area (Å²) in [4.78, 5) is 4.63. The molecule has 1 aliphatic rings. The maximum Gasteiger partial charge on any atom is 0.119 e. The molecule has 3 rings (SSSR count). The Hall–Kier alpha value is -1.95. The third-order valence-corrected chi connectivity index (χ3v) is 4.79. The molecule has 0 spiro atoms. The number of anilines is 1. The number of halogens is 1. The van der Waals surface area contributed by atoms with E-state index >= 15 is 0 Å². The Morgan fingerprint density at radius 2 is 1.58 bits per heavy atom. The molecule has 0 saturated carbocycles. The van der Waals surface area contributed by atoms with E-state index < -0.39 is 6.10 Å². The van der Waals surface area contributed by atoms with Crippen molar-refractivity contribution in [2.24, 2.45) is 0 Å². The van der Waals surface area contributed by atoms with Crippen LogP contribution in [0, 0.1) is 0 Å². The number of rotatable bonds is 7. The maximum absolute atomic E-state index is 10.2. The van der Waals surface area contributed by atoms with Crippen molar-refractivity contribution >= 4 is 17.3 Å². The minimum Gasteiger partial charge on any atom is -0.497 e. The van der Waals surface area contributed by atoms with Crippen molar-refractivity contribution in [3.8, 4) is 11.5 Å². The molecule has 140 valence electrons. The Kier molecular flexibility index (Phi) is 6.61. The normalized spacial score (nSPS) is 16.3. The molecular weight excluding hydrogens is 352 g/mol. The Morgan fingerprint density at radius 1 is 0.962 bits per heavy atom. The van der Waals surface area contributed by atoms with Gasteiger partial charge in [-0.1, -0.05) is 11.6 Å². The van der Waals surface area contributed by atoms with Crippen LogP contribution in [0.15, 0.2) is 48.5 Å². The predicted octanol–water partition coefficient (Wildman–Crippen LogP) is 2.91. The lowest BCUT2D eigenvalue weighted by atomic mass is 10.2. The second-order valence-electron chi connectivity index (χ2n) is 6.40. The Bertz CT molecular complexity index is 670. The SMILES string of the molecule is COc1ccc(N2CCN(C[C@H](O)COc3ccc(Cl)cc3)CC2)cc1. The molecule has 26 heavy (non-hydrogen) atoms. The highest BCUT2D eigenvalue weighted by atomic mass is 35.5. The van der Waals surface area contributed by atoms with Crippen molar-refractivity contribution < 1.29 is 14.6 Å². The molecule has 1 N–H and O–H groups in total. The van der Waals surface area contributed by atoms with Gasteiger partial charge in [0.1, 0.15) is 24.2 Å². The third kappa shape index (κ3) is 5.27. The summed E-state index contributed by atoms with van der Waals surface area (Å²) in [7, 11) is 1.68. The van der Waals surface area contributed by atoms with Crippen molar-refractivity contribution in [2.45, 2.75) is 6.10 Å². The van der Waals surface area contributed by atoms with Crippen LogP contribution >= 0.6 is 11.6 Å². The smallest absolute Gasteiger partial charge is 0.119 e. The molecule has 0 radical (unpaired) electrons. The van der Waals surface area contributed by atoms with Gasteiger partial charge in [-0.05, 0) is 48.5 Å². The molecule has 1 aliphatic heterocycles. The van der Waals surface area contributed by atoms with Gasteiger partial charge in [-0.2, -0.15) is 0 Å². The van der Waals surface area contributed by atoms with Crippen LogP contribution in [-0.4, -0.2) is 62.6 Å². The first-order chi connectivity index (χ1) is 12.6. The van der Waals surface area contributed by atoms with Gasteiger partial charge in [0.25, 0.3) is 0 Å². The van der Waals surface area contributed by atoms with Gasteiger partial charge in [-0.3, -0.25) is 4.90 Å². The molecule has 2 aromatic carbocycles. The van der Waals surface area contributed by atoms with Gasteiger partial charge in [0.15, 0.2) is 0 Å². The van der Waals surface area contributed by atoms with Crippen molar-refractivity contribution in [1.82, 2.24) is 4.90 Å². The first kappa shape index (κ1) is 18.8. The summed E-state index contributed by atoms with van der Waals surface area (Å²) in [5.41, 5.74) is 1.21. The second-order valence-corrected chi connectivity index (χ2v) is 6.84. The van der Waals surface area contributed by atoms with Gasteiger partial charge in [0.05, 0.1) is 7.11 Å². The molecule has 1 saturated heterocycles. The first-order valence-electron chi connectivity index (χ1n) is 8.82. The highest BCUT2D eigenvalue weighted by Crippen LogP contribution is 2.20. The molecule has 1 fully saturated rings. The highest BCUT2D eigenvalue weighted by molar-refractivity contribution is 6.30. The summed E-state index contributed by atoms with van der Waals surface area (Å²) >= 11 is 5.85. The number of piperazine rings is 1. The minimum absolute atomic E-state index is 0.278. The van der Waals surface area contributed by atoms with Crippen LogP contribution in [0.5, 0.6) is 11.5 Å². The lowest BCUT2D eigenvalue weighted by Gasteiger charge is -2.36. The van der Waals surface area contributed by atoms with Crippen LogP contribution in [0.2, 0.25) is 5.02 Å². The van der Waals surface area contributed by atoms with Crippen molar-refractivity contribution in [3.05, 3.63) is 53.6 Å². The van der Waals surface area contributed by atoms with E-state index in [4.69, 9.17) is 21.1 Å². The van der Waals surface area contributed by atoms with Crippen LogP contribution in [0.25, 0.3) is 0 Å². The van der Waals surface area contributed by atoms with Crippen molar-refractivity contribution in [1.29, 1.82) is 0 Å². The molecule has 0 aromatic heterocycles. The van der Waals surface area contributed by atoms with Gasteiger partial charge in [-0.15, -0.1) is 0 Å². The standard InChI is InChI=1S/C20H25ClN2O3/c1-25-19-8-4-17(5-9-19)23-12-10-22(11-13-23)14-18(24)15-26-20-6-2-16(21)3-7-20/h2-9,18,24H,10-15H2,1H3/t18-/m0/s1. The van der Waals surface area contributed by atoms with E-state index in [1.807, 2.05) is 24.3 Å². The average Bonchev–Trinajstić information content (AvgIpc) is 2.68. The monoisotopic (exact) mass is 376 g/mol. The summed E-state index contributed by atoms with van der Waals surface area (Å²) in [5, 5.41) is 10.9. The fourth-order valence-electron chi connectivity index (χ4n) is 3.06. The second kappa shape index (κ2) is 9.12. The number of β-amino-alcohol motifs (C(OH)–C–C–N with tert-alkyl or cyclic N) is 1. The minimum atomic E-state index is -0.516. The lowest BCUT2D eigenvalue weighted by Crippen LogP contribution is -2.49. The highest BCUT2D eigenvalue weighted by Gasteiger charge is 2.19. The Morgan fingerprint density at radius 3 is 2.19 bits per heavy atom. The molecule has 1 heterocycles. The van der Waals surface area contributed by atoms with Crippen LogP contribution in [0.1, 0.15) is 0 Å². The van der Waals surface area contributed by atoms with Crippen molar-refractivity contribution in [2.75, 3.05) is 51.3 Å². The van der Waals surface area contributed by atoms with Gasteiger partial charge in [0.2, 0.25) is 0 Å². The predicted molar refractivity (Wildman–Crippen MR) is 105 cm³/mol. The Balaban J connectivity index is 1.40. The van der Waals surface area contributed by atoms with Crippen LogP contribution in [-0.2, 0) is 0 Å². The third-order valence-electron chi connectivity index (χ3n) is 4.53. The molecule has 0 unspecified atom stereocenters. The van der Waals surface area contributed by atoms with E-state index in [9.17, 15) is 5.11 Å². The summed E-state index contributed by atoms with van der Waals surface area (Å²) in [5.74, 6) is 1.59. The number of aliphatic hydroxyl groups is 1. The molecule has 1 atom stereocenters. The van der Waals surface area contributed by atoms with E-state index in [2.05, 4.69) is 21.9 Å². The number of methoxy groups -OCH3 is 1. The van der Waals surface area contributed by atoms with Crippen LogP contribution < -0.4 is 14.4 Å². The summed E-state index contributed by atoms with van der Waals surface area (Å²) < 4.78 is 10.8. The molecule has 0 aliphatic carbocycles. The Labute approximate surface area is 159 Å². The number of hydrogen-bond acceptors (Lipinski definition) is 5. The molecule has 5 nitrogen and oxygen atoms in total. The number of nitrogens with zero attached hydrogens (tertiary/aromatic N) is 2. The maximum atomic E-state index is 10.2. The number of benzene rings is 2. The number of aliphatic hydroxyl groups excluding tert-OH is 1. The number of ether oxygens (including phenoxy) is 2. The van der Waals surface area contributed by atoms with Gasteiger partial charge < -0.3 is 19.5 Å². The summed E-state index contributed by atoms with van der Waals surface area (Å²) in [6.45, 7) is 4.62. The fraction of sp³-hybridized carbons (Fsp3) is 0.400. The zero-order valence-corrected chi connectivity index (χ0v) is 15.7. The molecule has 2 aromatic rings. The van der Waals surface area contributed by atoms with E-state index in [1.54, 1.807) is 19.2 Å². The van der Waals surface area contributed by atoms with E-state index in [-0.39, 0.29) is 6.61 Å². The van der Waals surface area contributed by atoms with E-state index in [0.29, 0.717) is 11.6 Å². The fourth-order valence-corrected chi connectivity index (χ4v) is 3.18. The molecule has 6 heteroatoms. The summed E-state index contributed by atoms with van der Waals surface area (Å²) in [6, 6.07) is 15.3. The topological polar surface area (TPSA) is 45.2 Å². The van der Waals surface area contributed by atoms with E-state index in [0.717, 1.165) is 37.7 Å². The van der Waals surface area contributed by atoms with Crippen LogP contribution in [0.4, 0.5) is 5.69 Å². The molecule has 0 amide bonds. The van der Waals surface area contributed by atoms with Gasteiger partial charge in [0, 0.05) is 43.4 Å². The zero-order valence-electron chi connectivity index (χ0n) is 15.0. The van der Waals surface area contributed by atoms with Crippen LogP contribution in [0.3, 0.4) is 0 Å². The average molecular weight is 377 g/mol. The van der Waals surface area contributed by atoms with Gasteiger partial charge >= 0.3 is 0 Å². The molecule has 0 bridgehead atoms. The van der Waals surface area contributed by atoms with E-state index in [1.165, 1.54) is 5.69 Å². The quantitative estimate of drug-likeness (QED) is 0.805. The molecular formula is C20H25ClN2O3. The number of hydrogen-bond donors (Lipinski definition) is 1. The van der Waals surface area contributed by atoms with Gasteiger partial charge in [-0.25, -0.2) is 0 Å². The summed E-state index contributed by atoms with van der Waals surface area (Å²) in [6.07, 6.45) is -0.516.